The number of aromatic nitrogens is 2. The smallest absolute Gasteiger partial charge is 0.406 e. The third-order valence-electron chi connectivity index (χ3n) is 7.76. The monoisotopic (exact) mass is 568 g/mol. The summed E-state index contributed by atoms with van der Waals surface area (Å²) >= 11 is 0. The molecular weight excluding hydrogens is 533 g/mol. The summed E-state index contributed by atoms with van der Waals surface area (Å²) in [5, 5.41) is 3.50. The van der Waals surface area contributed by atoms with E-state index in [9.17, 15) is 21.6 Å². The van der Waals surface area contributed by atoms with Gasteiger partial charge in [-0.05, 0) is 62.4 Å². The van der Waals surface area contributed by atoms with Crippen LogP contribution in [0.1, 0.15) is 44.9 Å². The van der Waals surface area contributed by atoms with Crippen molar-refractivity contribution in [3.63, 3.8) is 0 Å². The van der Waals surface area contributed by atoms with Gasteiger partial charge in [0.05, 0.1) is 4.90 Å². The van der Waals surface area contributed by atoms with E-state index >= 15 is 0 Å². The third-order valence-corrected chi connectivity index (χ3v) is 9.67. The molecule has 0 aliphatic carbocycles. The maximum atomic E-state index is 13.0. The molecule has 1 aromatic carbocycles. The molecule has 0 spiro atoms. The van der Waals surface area contributed by atoms with Gasteiger partial charge in [0, 0.05) is 57.5 Å². The summed E-state index contributed by atoms with van der Waals surface area (Å²) in [7, 11) is -3.79. The van der Waals surface area contributed by atoms with E-state index in [2.05, 4.69) is 24.8 Å². The molecule has 1 unspecified atom stereocenters. The molecule has 0 amide bonds. The van der Waals surface area contributed by atoms with Crippen molar-refractivity contribution >= 4 is 21.8 Å². The topological polar surface area (TPSA) is 90.9 Å². The number of ether oxygens (including phenoxy) is 1. The molecule has 214 valence electrons. The molecular formula is C26H35F3N6O3S. The van der Waals surface area contributed by atoms with Gasteiger partial charge in [-0.3, -0.25) is 4.90 Å². The number of sulfonamides is 1. The van der Waals surface area contributed by atoms with Crippen LogP contribution in [0.15, 0.2) is 41.4 Å². The van der Waals surface area contributed by atoms with Crippen molar-refractivity contribution in [1.29, 1.82) is 0 Å². The van der Waals surface area contributed by atoms with Crippen LogP contribution in [-0.4, -0.2) is 85.3 Å². The van der Waals surface area contributed by atoms with Gasteiger partial charge in [0.25, 0.3) is 0 Å². The van der Waals surface area contributed by atoms with Crippen molar-refractivity contribution in [3.05, 3.63) is 36.5 Å². The zero-order valence-corrected chi connectivity index (χ0v) is 22.6. The number of piperidine rings is 1. The Morgan fingerprint density at radius 3 is 2.26 bits per heavy atom. The quantitative estimate of drug-likeness (QED) is 0.534. The van der Waals surface area contributed by atoms with E-state index in [1.807, 2.05) is 12.3 Å². The summed E-state index contributed by atoms with van der Waals surface area (Å²) in [4.78, 5) is 13.9. The largest absolute Gasteiger partial charge is 0.573 e. The molecule has 0 radical (unpaired) electrons. The predicted octanol–water partition coefficient (Wildman–Crippen LogP) is 4.10. The van der Waals surface area contributed by atoms with Crippen LogP contribution in [0.3, 0.4) is 0 Å². The SMILES string of the molecule is O=S(=O)(c1ccc(OC(F)(F)F)cc1)N1CCC(N2CCC(Nc3nccc(N4CCCCCC4)n3)C2)CC1. The standard InChI is InChI=1S/C26H35F3N6O3S/c27-26(28,29)38-22-5-7-23(8-6-22)39(36,37)35-17-11-21(12-18-35)34-16-10-20(19-34)31-25-30-13-9-24(32-25)33-14-3-1-2-4-15-33/h5-9,13,20-21H,1-4,10-12,14-19H2,(H,30,31,32). The molecule has 9 nitrogen and oxygen atoms in total. The van der Waals surface area contributed by atoms with Crippen molar-refractivity contribution in [2.24, 2.45) is 0 Å². The predicted molar refractivity (Wildman–Crippen MR) is 141 cm³/mol. The number of nitrogens with zero attached hydrogens (tertiary/aromatic N) is 5. The highest BCUT2D eigenvalue weighted by molar-refractivity contribution is 7.89. The van der Waals surface area contributed by atoms with Gasteiger partial charge in [0.15, 0.2) is 0 Å². The first kappa shape index (κ1) is 27.9. The van der Waals surface area contributed by atoms with Crippen LogP contribution < -0.4 is 15.0 Å². The van der Waals surface area contributed by atoms with E-state index < -0.39 is 22.1 Å². The number of hydrogen-bond acceptors (Lipinski definition) is 8. The van der Waals surface area contributed by atoms with Crippen molar-refractivity contribution in [2.75, 3.05) is 49.5 Å². The number of hydrogen-bond donors (Lipinski definition) is 1. The first-order valence-electron chi connectivity index (χ1n) is 13.6. The molecule has 0 bridgehead atoms. The lowest BCUT2D eigenvalue weighted by atomic mass is 10.1. The molecule has 5 rings (SSSR count). The highest BCUT2D eigenvalue weighted by Gasteiger charge is 2.35. The minimum Gasteiger partial charge on any atom is -0.406 e. The number of benzene rings is 1. The summed E-state index contributed by atoms with van der Waals surface area (Å²) in [6.07, 6.45) is 4.26. The lowest BCUT2D eigenvalue weighted by Crippen LogP contribution is -2.46. The molecule has 0 saturated carbocycles. The van der Waals surface area contributed by atoms with Gasteiger partial charge in [-0.25, -0.2) is 13.4 Å². The van der Waals surface area contributed by atoms with Gasteiger partial charge < -0.3 is 15.0 Å². The van der Waals surface area contributed by atoms with Crippen LogP contribution in [0, 0.1) is 0 Å². The summed E-state index contributed by atoms with van der Waals surface area (Å²) in [5.74, 6) is 1.17. The van der Waals surface area contributed by atoms with E-state index in [-0.39, 0.29) is 17.0 Å². The van der Waals surface area contributed by atoms with Crippen molar-refractivity contribution in [2.45, 2.75) is 68.3 Å². The van der Waals surface area contributed by atoms with Crippen LogP contribution in [-0.2, 0) is 10.0 Å². The molecule has 1 atom stereocenters. The molecule has 39 heavy (non-hydrogen) atoms. The molecule has 3 aliphatic rings. The number of halogens is 3. The highest BCUT2D eigenvalue weighted by atomic mass is 32.2. The normalized spacial score (nSPS) is 22.5. The maximum absolute atomic E-state index is 13.0. The van der Waals surface area contributed by atoms with Crippen molar-refractivity contribution in [1.82, 2.24) is 19.2 Å². The van der Waals surface area contributed by atoms with Gasteiger partial charge in [0.2, 0.25) is 16.0 Å². The average Bonchev–Trinajstić information content (AvgIpc) is 3.20. The van der Waals surface area contributed by atoms with Crippen LogP contribution in [0.25, 0.3) is 0 Å². The molecule has 3 saturated heterocycles. The van der Waals surface area contributed by atoms with Crippen LogP contribution in [0.2, 0.25) is 0 Å². The number of nitrogens with one attached hydrogen (secondary N) is 1. The Labute approximate surface area is 227 Å². The highest BCUT2D eigenvalue weighted by Crippen LogP contribution is 2.29. The molecule has 3 fully saturated rings. The Hall–Kier alpha value is -2.64. The molecule has 4 heterocycles. The summed E-state index contributed by atoms with van der Waals surface area (Å²) < 4.78 is 68.6. The fraction of sp³-hybridized carbons (Fsp3) is 0.615. The minimum absolute atomic E-state index is 0.0386. The third kappa shape index (κ3) is 7.12. The second kappa shape index (κ2) is 11.8. The summed E-state index contributed by atoms with van der Waals surface area (Å²) in [6, 6.07) is 6.84. The zero-order valence-electron chi connectivity index (χ0n) is 21.8. The molecule has 1 N–H and O–H groups in total. The van der Waals surface area contributed by atoms with E-state index in [1.54, 1.807) is 0 Å². The van der Waals surface area contributed by atoms with Crippen LogP contribution in [0.5, 0.6) is 5.75 Å². The van der Waals surface area contributed by atoms with Gasteiger partial charge in [-0.2, -0.15) is 9.29 Å². The Kier molecular flexibility index (Phi) is 8.48. The Morgan fingerprint density at radius 1 is 0.897 bits per heavy atom. The van der Waals surface area contributed by atoms with Gasteiger partial charge in [-0.1, -0.05) is 12.8 Å². The second-order valence-corrected chi connectivity index (χ2v) is 12.4. The Balaban J connectivity index is 1.12. The van der Waals surface area contributed by atoms with Crippen molar-refractivity contribution in [3.8, 4) is 5.75 Å². The summed E-state index contributed by atoms with van der Waals surface area (Å²) in [5.41, 5.74) is 0. The number of likely N-dealkylation sites (tertiary alicyclic amines) is 1. The lowest BCUT2D eigenvalue weighted by molar-refractivity contribution is -0.274. The second-order valence-electron chi connectivity index (χ2n) is 10.4. The number of anilines is 2. The Bertz CT molecular complexity index is 1200. The van der Waals surface area contributed by atoms with Crippen LogP contribution in [0.4, 0.5) is 24.9 Å². The van der Waals surface area contributed by atoms with Gasteiger partial charge >= 0.3 is 6.36 Å². The minimum atomic E-state index is -4.82. The fourth-order valence-electron chi connectivity index (χ4n) is 5.72. The maximum Gasteiger partial charge on any atom is 0.573 e. The summed E-state index contributed by atoms with van der Waals surface area (Å²) in [6.45, 7) is 4.55. The molecule has 13 heteroatoms. The van der Waals surface area contributed by atoms with E-state index in [0.717, 1.165) is 62.7 Å². The van der Waals surface area contributed by atoms with E-state index in [4.69, 9.17) is 4.98 Å². The fourth-order valence-corrected chi connectivity index (χ4v) is 7.19. The van der Waals surface area contributed by atoms with Gasteiger partial charge in [-0.15, -0.1) is 13.2 Å². The van der Waals surface area contributed by atoms with Gasteiger partial charge in [0.1, 0.15) is 11.6 Å². The number of rotatable bonds is 7. The van der Waals surface area contributed by atoms with Crippen LogP contribution >= 0.6 is 0 Å². The number of alkyl halides is 3. The zero-order chi connectivity index (χ0) is 27.5. The molecule has 1 aromatic heterocycles. The van der Waals surface area contributed by atoms with E-state index in [0.29, 0.717) is 31.9 Å². The first-order chi connectivity index (χ1) is 18.7. The first-order valence-corrected chi connectivity index (χ1v) is 15.1. The average molecular weight is 569 g/mol. The lowest BCUT2D eigenvalue weighted by Gasteiger charge is -2.36. The van der Waals surface area contributed by atoms with Crippen molar-refractivity contribution < 1.29 is 26.3 Å². The Morgan fingerprint density at radius 2 is 1.59 bits per heavy atom. The molecule has 2 aromatic rings. The molecule has 3 aliphatic heterocycles. The van der Waals surface area contributed by atoms with E-state index in [1.165, 1.54) is 30.0 Å².